The molecule has 1 saturated heterocycles. The zero-order valence-electron chi connectivity index (χ0n) is 16.7. The molecule has 2 aromatic rings. The summed E-state index contributed by atoms with van der Waals surface area (Å²) in [6.07, 6.45) is -4.88. The van der Waals surface area contributed by atoms with Gasteiger partial charge in [-0.3, -0.25) is 9.69 Å². The molecule has 0 bridgehead atoms. The maximum atomic E-state index is 13.9. The van der Waals surface area contributed by atoms with Crippen LogP contribution in [-0.2, 0) is 11.3 Å². The van der Waals surface area contributed by atoms with E-state index in [9.17, 15) is 18.0 Å². The average Bonchev–Trinajstić information content (AvgIpc) is 3.17. The van der Waals surface area contributed by atoms with E-state index < -0.39 is 17.5 Å². The van der Waals surface area contributed by atoms with Gasteiger partial charge in [-0.2, -0.15) is 13.2 Å². The molecule has 1 unspecified atom stereocenters. The first-order chi connectivity index (χ1) is 14.3. The van der Waals surface area contributed by atoms with Gasteiger partial charge in [-0.15, -0.1) is 0 Å². The number of carbonyl (C=O) groups is 1. The van der Waals surface area contributed by atoms with Gasteiger partial charge in [0.15, 0.2) is 5.41 Å². The molecular weight excluding hydrogens is 397 g/mol. The topological polar surface area (TPSA) is 50.8 Å². The Hall–Kier alpha value is -2.74. The first-order valence-corrected chi connectivity index (χ1v) is 9.72. The third-order valence-corrected chi connectivity index (χ3v) is 5.29. The molecule has 5 nitrogen and oxygen atoms in total. The van der Waals surface area contributed by atoms with Crippen LogP contribution in [0, 0.1) is 5.41 Å². The molecule has 0 aliphatic carbocycles. The quantitative estimate of drug-likeness (QED) is 0.660. The van der Waals surface area contributed by atoms with E-state index in [-0.39, 0.29) is 32.7 Å². The Morgan fingerprint density at radius 1 is 1.10 bits per heavy atom. The van der Waals surface area contributed by atoms with E-state index in [4.69, 9.17) is 9.47 Å². The van der Waals surface area contributed by atoms with E-state index in [1.165, 1.54) is 0 Å². The molecule has 1 amide bonds. The third kappa shape index (κ3) is 5.05. The molecule has 0 aromatic heterocycles. The number of rotatable bonds is 8. The zero-order valence-corrected chi connectivity index (χ0v) is 16.7. The average molecular weight is 422 g/mol. The van der Waals surface area contributed by atoms with Gasteiger partial charge in [0.25, 0.3) is 0 Å². The van der Waals surface area contributed by atoms with Gasteiger partial charge < -0.3 is 14.8 Å². The molecule has 0 radical (unpaired) electrons. The molecule has 3 rings (SSSR count). The minimum absolute atomic E-state index is 0.0125. The Labute approximate surface area is 173 Å². The molecule has 0 saturated carbocycles. The number of amides is 1. The fourth-order valence-corrected chi connectivity index (χ4v) is 3.59. The van der Waals surface area contributed by atoms with Crippen molar-refractivity contribution in [2.75, 3.05) is 33.4 Å². The summed E-state index contributed by atoms with van der Waals surface area (Å²) in [6, 6.07) is 16.1. The lowest BCUT2D eigenvalue weighted by Crippen LogP contribution is -2.53. The third-order valence-electron chi connectivity index (χ3n) is 5.29. The predicted octanol–water partition coefficient (Wildman–Crippen LogP) is 3.64. The fourth-order valence-electron chi connectivity index (χ4n) is 3.59. The van der Waals surface area contributed by atoms with E-state index in [0.29, 0.717) is 18.0 Å². The summed E-state index contributed by atoms with van der Waals surface area (Å²) in [5.41, 5.74) is -1.48. The van der Waals surface area contributed by atoms with Crippen LogP contribution in [-0.4, -0.2) is 50.3 Å². The van der Waals surface area contributed by atoms with Gasteiger partial charge in [-0.05, 0) is 42.8 Å². The van der Waals surface area contributed by atoms with Crippen LogP contribution in [0.2, 0.25) is 0 Å². The van der Waals surface area contributed by atoms with Crippen LogP contribution in [0.25, 0.3) is 0 Å². The molecule has 1 fully saturated rings. The highest BCUT2D eigenvalue weighted by molar-refractivity contribution is 5.84. The summed E-state index contributed by atoms with van der Waals surface area (Å²) in [5.74, 6) is 0.221. The number of carbonyl (C=O) groups excluding carboxylic acids is 1. The minimum atomic E-state index is -4.63. The van der Waals surface area contributed by atoms with Crippen molar-refractivity contribution < 1.29 is 27.4 Å². The maximum absolute atomic E-state index is 13.9. The van der Waals surface area contributed by atoms with Gasteiger partial charge in [0.1, 0.15) is 18.1 Å². The Balaban J connectivity index is 1.55. The largest absolute Gasteiger partial charge is 0.497 e. The molecule has 8 heteroatoms. The number of ether oxygens (including phenoxy) is 2. The van der Waals surface area contributed by atoms with E-state index in [1.807, 2.05) is 30.3 Å². The highest BCUT2D eigenvalue weighted by Gasteiger charge is 2.62. The summed E-state index contributed by atoms with van der Waals surface area (Å²) >= 11 is 0. The Bertz CT molecular complexity index is 828. The van der Waals surface area contributed by atoms with Crippen molar-refractivity contribution in [1.29, 1.82) is 0 Å². The van der Waals surface area contributed by atoms with Crippen LogP contribution in [0.1, 0.15) is 12.0 Å². The van der Waals surface area contributed by atoms with Crippen molar-refractivity contribution in [3.05, 3.63) is 60.2 Å². The van der Waals surface area contributed by atoms with E-state index in [1.54, 1.807) is 36.3 Å². The standard InChI is InChI=1S/C22H25F3N2O3/c1-29-18-7-9-19(10-8-18)30-14-12-26-20(28)21(22(23,24)25)11-13-27(16-21)15-17-5-3-2-4-6-17/h2-10H,11-16H2,1H3,(H,26,28). The first kappa shape index (κ1) is 22.0. The lowest BCUT2D eigenvalue weighted by molar-refractivity contribution is -0.218. The lowest BCUT2D eigenvalue weighted by Gasteiger charge is -2.30. The van der Waals surface area contributed by atoms with Crippen LogP contribution in [0.3, 0.4) is 0 Å². The normalized spacial score (nSPS) is 19.5. The molecule has 162 valence electrons. The van der Waals surface area contributed by atoms with E-state index in [0.717, 1.165) is 5.56 Å². The number of halogens is 3. The monoisotopic (exact) mass is 422 g/mol. The van der Waals surface area contributed by atoms with E-state index >= 15 is 0 Å². The summed E-state index contributed by atoms with van der Waals surface area (Å²) < 4.78 is 52.2. The molecule has 2 aromatic carbocycles. The van der Waals surface area contributed by atoms with Gasteiger partial charge in [0.05, 0.1) is 13.7 Å². The number of methoxy groups -OCH3 is 1. The number of alkyl halides is 3. The van der Waals surface area contributed by atoms with Crippen molar-refractivity contribution >= 4 is 5.91 Å². The molecule has 1 heterocycles. The Morgan fingerprint density at radius 3 is 2.40 bits per heavy atom. The minimum Gasteiger partial charge on any atom is -0.497 e. The lowest BCUT2D eigenvalue weighted by atomic mass is 9.85. The van der Waals surface area contributed by atoms with Crippen LogP contribution in [0.5, 0.6) is 11.5 Å². The van der Waals surface area contributed by atoms with Crippen molar-refractivity contribution in [2.45, 2.75) is 19.1 Å². The van der Waals surface area contributed by atoms with Gasteiger partial charge in [-0.25, -0.2) is 0 Å². The Morgan fingerprint density at radius 2 is 1.77 bits per heavy atom. The number of nitrogens with one attached hydrogen (secondary N) is 1. The number of hydrogen-bond acceptors (Lipinski definition) is 4. The predicted molar refractivity (Wildman–Crippen MR) is 106 cm³/mol. The number of benzene rings is 2. The van der Waals surface area contributed by atoms with Crippen molar-refractivity contribution in [3.8, 4) is 11.5 Å². The highest BCUT2D eigenvalue weighted by atomic mass is 19.4. The summed E-state index contributed by atoms with van der Waals surface area (Å²) in [4.78, 5) is 14.3. The first-order valence-electron chi connectivity index (χ1n) is 9.72. The fraction of sp³-hybridized carbons (Fsp3) is 0.409. The second-order valence-corrected chi connectivity index (χ2v) is 7.31. The van der Waals surface area contributed by atoms with Gasteiger partial charge in [0, 0.05) is 13.1 Å². The molecular formula is C22H25F3N2O3. The highest BCUT2D eigenvalue weighted by Crippen LogP contribution is 2.46. The molecule has 1 aliphatic rings. The number of hydrogen-bond donors (Lipinski definition) is 1. The van der Waals surface area contributed by atoms with Crippen LogP contribution in [0.4, 0.5) is 13.2 Å². The van der Waals surface area contributed by atoms with Crippen LogP contribution in [0.15, 0.2) is 54.6 Å². The van der Waals surface area contributed by atoms with Crippen LogP contribution < -0.4 is 14.8 Å². The second-order valence-electron chi connectivity index (χ2n) is 7.31. The Kier molecular flexibility index (Phi) is 6.87. The number of likely N-dealkylation sites (tertiary alicyclic amines) is 1. The maximum Gasteiger partial charge on any atom is 0.404 e. The van der Waals surface area contributed by atoms with Crippen molar-refractivity contribution in [2.24, 2.45) is 5.41 Å². The van der Waals surface area contributed by atoms with Crippen molar-refractivity contribution in [1.82, 2.24) is 10.2 Å². The van der Waals surface area contributed by atoms with Gasteiger partial charge in [-0.1, -0.05) is 30.3 Å². The smallest absolute Gasteiger partial charge is 0.404 e. The number of nitrogens with zero attached hydrogens (tertiary/aromatic N) is 1. The van der Waals surface area contributed by atoms with Crippen LogP contribution >= 0.6 is 0 Å². The van der Waals surface area contributed by atoms with Crippen molar-refractivity contribution in [3.63, 3.8) is 0 Å². The summed E-state index contributed by atoms with van der Waals surface area (Å²) in [5, 5.41) is 2.41. The summed E-state index contributed by atoms with van der Waals surface area (Å²) in [6.45, 7) is 0.300. The SMILES string of the molecule is COc1ccc(OCCNC(=O)C2(C(F)(F)F)CCN(Cc3ccccc3)C2)cc1. The van der Waals surface area contributed by atoms with E-state index in [2.05, 4.69) is 5.32 Å². The molecule has 1 N–H and O–H groups in total. The summed E-state index contributed by atoms with van der Waals surface area (Å²) in [7, 11) is 1.55. The molecule has 0 spiro atoms. The molecule has 30 heavy (non-hydrogen) atoms. The molecule has 1 atom stereocenters. The zero-order chi connectivity index (χ0) is 21.6. The molecule has 1 aliphatic heterocycles. The van der Waals surface area contributed by atoms with Gasteiger partial charge in [0.2, 0.25) is 5.91 Å². The second kappa shape index (κ2) is 9.38. The van der Waals surface area contributed by atoms with Gasteiger partial charge >= 0.3 is 6.18 Å².